The van der Waals surface area contributed by atoms with Crippen LogP contribution in [0.2, 0.25) is 0 Å². The van der Waals surface area contributed by atoms with Gasteiger partial charge in [0, 0.05) is 12.6 Å². The van der Waals surface area contributed by atoms with Crippen LogP contribution in [0.25, 0.3) is 0 Å². The first-order valence-corrected chi connectivity index (χ1v) is 14.3. The normalized spacial score (nSPS) is 25.5. The molecular formula is C15H27N3O8S3. The first-order chi connectivity index (χ1) is 13.0. The zero-order valence-electron chi connectivity index (χ0n) is 16.7. The van der Waals surface area contributed by atoms with E-state index in [2.05, 4.69) is 10.00 Å². The van der Waals surface area contributed by atoms with Gasteiger partial charge < -0.3 is 4.90 Å². The lowest BCUT2D eigenvalue weighted by molar-refractivity contribution is 0.0514. The summed E-state index contributed by atoms with van der Waals surface area (Å²) < 4.78 is 78.1. The molecule has 3 rings (SSSR count). The zero-order chi connectivity index (χ0) is 22.2. The molecule has 29 heavy (non-hydrogen) atoms. The Balaban J connectivity index is 0.000000537. The Bertz CT molecular complexity index is 1040. The van der Waals surface area contributed by atoms with Crippen molar-refractivity contribution in [3.8, 4) is 0 Å². The van der Waals surface area contributed by atoms with Gasteiger partial charge in [-0.1, -0.05) is 0 Å². The van der Waals surface area contributed by atoms with Crippen LogP contribution in [0.4, 0.5) is 0 Å². The molecule has 3 atom stereocenters. The molecule has 11 nitrogen and oxygen atoms in total. The van der Waals surface area contributed by atoms with E-state index < -0.39 is 30.3 Å². The van der Waals surface area contributed by atoms with Gasteiger partial charge in [-0.15, -0.1) is 0 Å². The zero-order valence-corrected chi connectivity index (χ0v) is 19.2. The van der Waals surface area contributed by atoms with Crippen molar-refractivity contribution in [3.63, 3.8) is 0 Å². The van der Waals surface area contributed by atoms with Gasteiger partial charge in [0.05, 0.1) is 37.3 Å². The number of hydrogen-bond donors (Lipinski definition) is 1. The maximum atomic E-state index is 11.9. The van der Waals surface area contributed by atoms with Crippen molar-refractivity contribution in [2.75, 3.05) is 39.0 Å². The van der Waals surface area contributed by atoms with Crippen LogP contribution in [0.5, 0.6) is 0 Å². The largest absolute Gasteiger partial charge is 0.302 e. The van der Waals surface area contributed by atoms with Crippen LogP contribution < -0.4 is 0 Å². The van der Waals surface area contributed by atoms with E-state index in [-0.39, 0.29) is 18.4 Å². The van der Waals surface area contributed by atoms with Crippen LogP contribution in [0.15, 0.2) is 6.20 Å². The Morgan fingerprint density at radius 1 is 1.14 bits per heavy atom. The van der Waals surface area contributed by atoms with Crippen molar-refractivity contribution < 1.29 is 34.0 Å². The van der Waals surface area contributed by atoms with Gasteiger partial charge in [-0.05, 0) is 43.7 Å². The molecular weight excluding hydrogens is 446 g/mol. The maximum Gasteiger partial charge on any atom is 0.264 e. The highest BCUT2D eigenvalue weighted by Crippen LogP contribution is 2.36. The van der Waals surface area contributed by atoms with Gasteiger partial charge in [0.1, 0.15) is 0 Å². The highest BCUT2D eigenvalue weighted by Gasteiger charge is 2.40. The van der Waals surface area contributed by atoms with E-state index in [0.29, 0.717) is 18.7 Å². The topological polar surface area (TPSA) is 153 Å². The van der Waals surface area contributed by atoms with E-state index in [9.17, 15) is 25.3 Å². The molecule has 1 aliphatic carbocycles. The molecule has 1 saturated heterocycles. The molecule has 1 fully saturated rings. The minimum Gasteiger partial charge on any atom is -0.302 e. The Hall–Kier alpha value is -1.06. The molecule has 2 aliphatic rings. The van der Waals surface area contributed by atoms with E-state index in [1.54, 1.807) is 6.20 Å². The quantitative estimate of drug-likeness (QED) is 0.434. The predicted octanol–water partition coefficient (Wildman–Crippen LogP) is -0.794. The van der Waals surface area contributed by atoms with Gasteiger partial charge >= 0.3 is 0 Å². The molecule has 0 spiro atoms. The van der Waals surface area contributed by atoms with E-state index in [1.807, 2.05) is 7.05 Å². The van der Waals surface area contributed by atoms with Gasteiger partial charge in [-0.3, -0.25) is 8.74 Å². The van der Waals surface area contributed by atoms with Crippen molar-refractivity contribution in [2.45, 2.75) is 25.3 Å². The van der Waals surface area contributed by atoms with Gasteiger partial charge in [-0.2, -0.15) is 26.0 Å². The third kappa shape index (κ3) is 7.29. The number of nitrogens with zero attached hydrogens (tertiary/aromatic N) is 3. The molecule has 1 aliphatic heterocycles. The summed E-state index contributed by atoms with van der Waals surface area (Å²) in [7, 11) is -8.50. The predicted molar refractivity (Wildman–Crippen MR) is 106 cm³/mol. The fourth-order valence-corrected chi connectivity index (χ4v) is 5.22. The fourth-order valence-electron chi connectivity index (χ4n) is 3.97. The highest BCUT2D eigenvalue weighted by molar-refractivity contribution is 7.89. The van der Waals surface area contributed by atoms with Crippen LogP contribution >= 0.6 is 0 Å². The van der Waals surface area contributed by atoms with Gasteiger partial charge in [0.25, 0.3) is 30.3 Å². The second kappa shape index (κ2) is 8.59. The minimum atomic E-state index is -3.67. The van der Waals surface area contributed by atoms with Crippen LogP contribution in [0.1, 0.15) is 17.7 Å². The number of likely N-dealkylation sites (N-methyl/N-ethyl adjacent to an activating group) is 1. The number of likely N-dealkylation sites (tertiary alicyclic amines) is 1. The highest BCUT2D eigenvalue weighted by atomic mass is 32.2. The van der Waals surface area contributed by atoms with Gasteiger partial charge in [-0.25, -0.2) is 8.42 Å². The molecule has 0 amide bonds. The molecule has 0 radical (unpaired) electrons. The second-order valence-electron chi connectivity index (χ2n) is 7.72. The summed E-state index contributed by atoms with van der Waals surface area (Å²) in [5.74, 6) is 0.378. The molecule has 2 heterocycles. The number of aromatic nitrogens is 2. The molecule has 1 aromatic heterocycles. The average Bonchev–Trinajstić information content (AvgIpc) is 2.92. The fraction of sp³-hybridized carbons (Fsp3) is 0.800. The van der Waals surface area contributed by atoms with Crippen molar-refractivity contribution >= 4 is 30.3 Å². The molecule has 168 valence electrons. The summed E-state index contributed by atoms with van der Waals surface area (Å²) in [6.07, 6.45) is 6.80. The first-order valence-electron chi connectivity index (χ1n) is 8.78. The van der Waals surface area contributed by atoms with Crippen LogP contribution in [-0.2, 0) is 47.3 Å². The maximum absolute atomic E-state index is 11.9. The standard InChI is InChI=1S/C14H23N3O5S2.CH4O3S/c1-16-8-10(9-22-24(3,20)21)4-11-5-14-12(6-13(11)16)7-15-17(14)23(2,18)19;1-5(2,3)4/h7,10-11,13H,4-6,8-9H2,1-3H3;1H3,(H,2,3,4)/t10-,11-,13?;/m1./s1. The monoisotopic (exact) mass is 473 g/mol. The van der Waals surface area contributed by atoms with E-state index in [1.165, 1.54) is 0 Å². The molecule has 1 unspecified atom stereocenters. The Morgan fingerprint density at radius 3 is 2.24 bits per heavy atom. The number of hydrogen-bond acceptors (Lipinski definition) is 9. The summed E-state index contributed by atoms with van der Waals surface area (Å²) in [5.41, 5.74) is 1.75. The Morgan fingerprint density at radius 2 is 1.72 bits per heavy atom. The van der Waals surface area contributed by atoms with E-state index >= 15 is 0 Å². The van der Waals surface area contributed by atoms with Crippen molar-refractivity contribution in [3.05, 3.63) is 17.5 Å². The summed E-state index contributed by atoms with van der Waals surface area (Å²) in [4.78, 5) is 2.23. The lowest BCUT2D eigenvalue weighted by Gasteiger charge is -2.45. The summed E-state index contributed by atoms with van der Waals surface area (Å²) in [5, 5.41) is 4.05. The number of fused-ring (bicyclic) bond motifs is 2. The van der Waals surface area contributed by atoms with Gasteiger partial charge in [0.15, 0.2) is 0 Å². The van der Waals surface area contributed by atoms with Gasteiger partial charge in [0.2, 0.25) is 0 Å². The van der Waals surface area contributed by atoms with Crippen LogP contribution in [0, 0.1) is 11.8 Å². The molecule has 0 aromatic carbocycles. The lowest BCUT2D eigenvalue weighted by atomic mass is 9.75. The third-order valence-electron chi connectivity index (χ3n) is 4.93. The number of piperidine rings is 1. The minimum absolute atomic E-state index is 0.113. The average molecular weight is 474 g/mol. The van der Waals surface area contributed by atoms with Crippen molar-refractivity contribution in [2.24, 2.45) is 11.8 Å². The van der Waals surface area contributed by atoms with Crippen LogP contribution in [0.3, 0.4) is 0 Å². The molecule has 0 saturated carbocycles. The second-order valence-corrected chi connectivity index (χ2v) is 12.6. The Labute approximate surface area is 172 Å². The summed E-state index contributed by atoms with van der Waals surface area (Å²) in [6.45, 7) is 0.941. The number of rotatable bonds is 4. The molecule has 1 aromatic rings. The summed E-state index contributed by atoms with van der Waals surface area (Å²) >= 11 is 0. The van der Waals surface area contributed by atoms with Crippen molar-refractivity contribution in [1.82, 2.24) is 14.1 Å². The van der Waals surface area contributed by atoms with Crippen molar-refractivity contribution in [1.29, 1.82) is 0 Å². The first kappa shape index (κ1) is 24.2. The third-order valence-corrected chi connectivity index (χ3v) is 6.44. The SMILES string of the molecule is CN1C[C@H](COS(C)(=O)=O)C[C@@H]2Cc3c(cnn3S(C)(=O)=O)CC21.CS(=O)(=O)O. The lowest BCUT2D eigenvalue weighted by Crippen LogP contribution is -2.51. The molecule has 1 N–H and O–H groups in total. The smallest absolute Gasteiger partial charge is 0.264 e. The molecule has 0 bridgehead atoms. The van der Waals surface area contributed by atoms with Crippen LogP contribution in [-0.4, -0.2) is 88.9 Å². The van der Waals surface area contributed by atoms with E-state index in [0.717, 1.165) is 47.2 Å². The summed E-state index contributed by atoms with van der Waals surface area (Å²) in [6, 6.07) is 0.323. The Kier molecular flexibility index (Phi) is 7.17. The molecule has 14 heteroatoms. The van der Waals surface area contributed by atoms with E-state index in [4.69, 9.17) is 8.74 Å².